The summed E-state index contributed by atoms with van der Waals surface area (Å²) in [6.07, 6.45) is 1.91. The molecule has 0 bridgehead atoms. The van der Waals surface area contributed by atoms with Crippen LogP contribution in [0.1, 0.15) is 42.0 Å². The fourth-order valence-corrected chi connectivity index (χ4v) is 6.86. The number of carbonyl (C=O) groups excluding carboxylic acids is 2. The molecule has 0 saturated carbocycles. The highest BCUT2D eigenvalue weighted by atomic mass is 35.5. The molecule has 2 amide bonds. The summed E-state index contributed by atoms with van der Waals surface area (Å²) < 4.78 is 29.4. The minimum Gasteiger partial charge on any atom is -0.354 e. The zero-order chi connectivity index (χ0) is 33.3. The molecule has 0 unspecified atom stereocenters. The number of benzene rings is 4. The van der Waals surface area contributed by atoms with Crippen LogP contribution in [-0.2, 0) is 32.6 Å². The number of hydrogen-bond acceptors (Lipinski definition) is 4. The van der Waals surface area contributed by atoms with Crippen LogP contribution in [0, 0.1) is 13.8 Å². The average Bonchev–Trinajstić information content (AvgIpc) is 3.04. The van der Waals surface area contributed by atoms with Gasteiger partial charge in [-0.05, 0) is 55.7 Å². The summed E-state index contributed by atoms with van der Waals surface area (Å²) in [5.74, 6) is -0.884. The molecule has 0 aliphatic carbocycles. The second-order valence-corrected chi connectivity index (χ2v) is 13.9. The molecule has 0 saturated heterocycles. The summed E-state index contributed by atoms with van der Waals surface area (Å²) >= 11 is 12.9. The van der Waals surface area contributed by atoms with Gasteiger partial charge in [-0.3, -0.25) is 13.9 Å². The maximum atomic E-state index is 14.6. The molecule has 4 aromatic carbocycles. The van der Waals surface area contributed by atoms with E-state index in [1.54, 1.807) is 24.3 Å². The second-order valence-electron chi connectivity index (χ2n) is 11.3. The predicted molar refractivity (Wildman–Crippen MR) is 186 cm³/mol. The van der Waals surface area contributed by atoms with E-state index >= 15 is 0 Å². The highest BCUT2D eigenvalue weighted by Crippen LogP contribution is 2.35. The molecule has 0 spiro atoms. The van der Waals surface area contributed by atoms with Gasteiger partial charge in [-0.15, -0.1) is 0 Å². The van der Waals surface area contributed by atoms with Crippen LogP contribution in [-0.4, -0.2) is 44.3 Å². The van der Waals surface area contributed by atoms with Crippen molar-refractivity contribution in [1.29, 1.82) is 0 Å². The molecule has 0 radical (unpaired) electrons. The summed E-state index contributed by atoms with van der Waals surface area (Å²) in [7, 11) is -4.30. The molecule has 242 valence electrons. The van der Waals surface area contributed by atoms with Gasteiger partial charge < -0.3 is 10.2 Å². The molecule has 4 rings (SSSR count). The van der Waals surface area contributed by atoms with Crippen LogP contribution in [0.25, 0.3) is 0 Å². The Morgan fingerprint density at radius 1 is 0.804 bits per heavy atom. The molecule has 0 aliphatic rings. The first kappa shape index (κ1) is 35.0. The molecule has 46 heavy (non-hydrogen) atoms. The van der Waals surface area contributed by atoms with Crippen molar-refractivity contribution in [3.8, 4) is 0 Å². The zero-order valence-electron chi connectivity index (χ0n) is 26.2. The number of carbonyl (C=O) groups is 2. The Morgan fingerprint density at radius 3 is 2.07 bits per heavy atom. The first-order valence-corrected chi connectivity index (χ1v) is 17.4. The molecular formula is C36H39Cl2N3O4S. The van der Waals surface area contributed by atoms with Crippen LogP contribution < -0.4 is 9.62 Å². The van der Waals surface area contributed by atoms with Gasteiger partial charge in [0.2, 0.25) is 11.8 Å². The van der Waals surface area contributed by atoms with Crippen LogP contribution in [0.15, 0.2) is 102 Å². The monoisotopic (exact) mass is 679 g/mol. The number of nitrogens with one attached hydrogen (secondary N) is 1. The number of nitrogens with zero attached hydrogens (tertiary/aromatic N) is 2. The molecule has 0 fully saturated rings. The molecule has 0 aliphatic heterocycles. The third kappa shape index (κ3) is 8.90. The summed E-state index contributed by atoms with van der Waals surface area (Å²) in [4.78, 5) is 29.9. The molecule has 1 atom stereocenters. The number of unbranched alkanes of at least 4 members (excludes halogenated alkanes) is 1. The standard InChI is InChI=1S/C36H39Cl2N3O4S/c1-4-5-22-39-36(43)33(23-28-10-7-6-8-11-28)40(24-29-18-14-26(2)15-19-29)34(42)25-41(32-13-9-12-31(37)35(32)38)46(44,45)30-20-16-27(3)17-21-30/h6-21,33H,4-5,22-25H2,1-3H3,(H,39,43)/t33-/m1/s1. The molecule has 0 aromatic heterocycles. The van der Waals surface area contributed by atoms with E-state index in [0.717, 1.165) is 39.4 Å². The van der Waals surface area contributed by atoms with E-state index in [9.17, 15) is 18.0 Å². The predicted octanol–water partition coefficient (Wildman–Crippen LogP) is 7.36. The van der Waals surface area contributed by atoms with Crippen LogP contribution >= 0.6 is 23.2 Å². The maximum absolute atomic E-state index is 14.6. The summed E-state index contributed by atoms with van der Waals surface area (Å²) in [5.41, 5.74) is 3.65. The molecule has 0 heterocycles. The van der Waals surface area contributed by atoms with Crippen LogP contribution in [0.5, 0.6) is 0 Å². The van der Waals surface area contributed by atoms with E-state index in [1.807, 2.05) is 75.4 Å². The largest absolute Gasteiger partial charge is 0.354 e. The Bertz CT molecular complexity index is 1730. The summed E-state index contributed by atoms with van der Waals surface area (Å²) in [6.45, 7) is 5.78. The Hall–Kier alpha value is -3.85. The smallest absolute Gasteiger partial charge is 0.264 e. The number of amides is 2. The van der Waals surface area contributed by atoms with Gasteiger partial charge in [0.05, 0.1) is 20.6 Å². The Labute approximate surface area is 282 Å². The SMILES string of the molecule is CCCCNC(=O)[C@@H](Cc1ccccc1)N(Cc1ccc(C)cc1)C(=O)CN(c1cccc(Cl)c1Cl)S(=O)(=O)c1ccc(C)cc1. The number of anilines is 1. The van der Waals surface area contributed by atoms with E-state index in [2.05, 4.69) is 5.32 Å². The van der Waals surface area contributed by atoms with Crippen LogP contribution in [0.4, 0.5) is 5.69 Å². The van der Waals surface area contributed by atoms with Crippen molar-refractivity contribution in [3.63, 3.8) is 0 Å². The van der Waals surface area contributed by atoms with E-state index < -0.39 is 28.5 Å². The number of sulfonamides is 1. The van der Waals surface area contributed by atoms with Gasteiger partial charge in [0.25, 0.3) is 10.0 Å². The van der Waals surface area contributed by atoms with Gasteiger partial charge >= 0.3 is 0 Å². The number of aryl methyl sites for hydroxylation is 2. The van der Waals surface area contributed by atoms with Gasteiger partial charge in [0, 0.05) is 19.5 Å². The van der Waals surface area contributed by atoms with Crippen molar-refractivity contribution in [3.05, 3.63) is 129 Å². The Kier molecular flexibility index (Phi) is 12.3. The number of halogens is 2. The van der Waals surface area contributed by atoms with Crippen molar-refractivity contribution < 1.29 is 18.0 Å². The highest BCUT2D eigenvalue weighted by molar-refractivity contribution is 7.92. The van der Waals surface area contributed by atoms with Crippen molar-refractivity contribution >= 4 is 50.7 Å². The second kappa shape index (κ2) is 16.1. The molecule has 10 heteroatoms. The van der Waals surface area contributed by atoms with Gasteiger partial charge in [-0.1, -0.05) is 120 Å². The van der Waals surface area contributed by atoms with Gasteiger partial charge in [0.15, 0.2) is 0 Å². The molecular weight excluding hydrogens is 641 g/mol. The topological polar surface area (TPSA) is 86.8 Å². The van der Waals surface area contributed by atoms with Gasteiger partial charge in [-0.25, -0.2) is 8.42 Å². The highest BCUT2D eigenvalue weighted by Gasteiger charge is 2.35. The molecule has 1 N–H and O–H groups in total. The minimum atomic E-state index is -4.30. The van der Waals surface area contributed by atoms with E-state index in [0.29, 0.717) is 6.54 Å². The minimum absolute atomic E-state index is 0.00381. The molecule has 7 nitrogen and oxygen atoms in total. The van der Waals surface area contributed by atoms with E-state index in [-0.39, 0.29) is 39.5 Å². The molecule has 4 aromatic rings. The summed E-state index contributed by atoms with van der Waals surface area (Å²) in [5, 5.41) is 3.13. The number of rotatable bonds is 14. The van der Waals surface area contributed by atoms with Crippen molar-refractivity contribution in [2.75, 3.05) is 17.4 Å². The fourth-order valence-electron chi connectivity index (χ4n) is 4.99. The lowest BCUT2D eigenvalue weighted by atomic mass is 10.0. The number of hydrogen-bond donors (Lipinski definition) is 1. The first-order valence-electron chi connectivity index (χ1n) is 15.2. The summed E-state index contributed by atoms with van der Waals surface area (Å²) in [6, 6.07) is 27.2. The van der Waals surface area contributed by atoms with Gasteiger partial charge in [0.1, 0.15) is 12.6 Å². The Morgan fingerprint density at radius 2 is 1.43 bits per heavy atom. The third-order valence-electron chi connectivity index (χ3n) is 7.66. The van der Waals surface area contributed by atoms with Crippen molar-refractivity contribution in [2.24, 2.45) is 0 Å². The van der Waals surface area contributed by atoms with Crippen LogP contribution in [0.3, 0.4) is 0 Å². The van der Waals surface area contributed by atoms with Crippen molar-refractivity contribution in [1.82, 2.24) is 10.2 Å². The normalized spacial score (nSPS) is 11.9. The average molecular weight is 681 g/mol. The van der Waals surface area contributed by atoms with Crippen molar-refractivity contribution in [2.45, 2.75) is 57.5 Å². The fraction of sp³-hybridized carbons (Fsp3) is 0.278. The maximum Gasteiger partial charge on any atom is 0.264 e. The lowest BCUT2D eigenvalue weighted by Crippen LogP contribution is -2.53. The van der Waals surface area contributed by atoms with E-state index in [1.165, 1.54) is 23.1 Å². The first-order chi connectivity index (χ1) is 22.0. The van der Waals surface area contributed by atoms with Crippen LogP contribution in [0.2, 0.25) is 10.0 Å². The van der Waals surface area contributed by atoms with Gasteiger partial charge in [-0.2, -0.15) is 0 Å². The van der Waals surface area contributed by atoms with E-state index in [4.69, 9.17) is 23.2 Å². The third-order valence-corrected chi connectivity index (χ3v) is 10.2. The quantitative estimate of drug-likeness (QED) is 0.141. The lowest BCUT2D eigenvalue weighted by molar-refractivity contribution is -0.140. The lowest BCUT2D eigenvalue weighted by Gasteiger charge is -2.34. The Balaban J connectivity index is 1.81. The zero-order valence-corrected chi connectivity index (χ0v) is 28.6.